The van der Waals surface area contributed by atoms with Crippen molar-refractivity contribution in [2.45, 2.75) is 46.1 Å². The Morgan fingerprint density at radius 1 is 1.43 bits per heavy atom. The number of amides is 1. The van der Waals surface area contributed by atoms with E-state index in [1.807, 2.05) is 27.7 Å². The van der Waals surface area contributed by atoms with E-state index >= 15 is 0 Å². The van der Waals surface area contributed by atoms with Crippen molar-refractivity contribution in [2.24, 2.45) is 5.41 Å². The summed E-state index contributed by atoms with van der Waals surface area (Å²) >= 11 is 0. The smallest absolute Gasteiger partial charge is 0.225 e. The van der Waals surface area contributed by atoms with Gasteiger partial charge in [-0.05, 0) is 19.8 Å². The van der Waals surface area contributed by atoms with E-state index in [0.29, 0.717) is 13.2 Å². The molecule has 0 aromatic rings. The highest BCUT2D eigenvalue weighted by molar-refractivity contribution is 5.82. The molecule has 1 amide bonds. The van der Waals surface area contributed by atoms with E-state index in [2.05, 4.69) is 5.32 Å². The molecule has 1 saturated carbocycles. The fourth-order valence-corrected chi connectivity index (χ4v) is 1.18. The molecule has 0 aromatic heterocycles. The molecule has 0 spiro atoms. The summed E-state index contributed by atoms with van der Waals surface area (Å²) in [6.07, 6.45) is 2.10. The zero-order valence-corrected chi connectivity index (χ0v) is 9.64. The number of carbonyl (C=O) groups is 1. The Kier molecular flexibility index (Phi) is 3.20. The van der Waals surface area contributed by atoms with Crippen molar-refractivity contribution in [3.8, 4) is 0 Å². The molecule has 0 aromatic carbocycles. The number of ether oxygens (including phenoxy) is 1. The minimum absolute atomic E-state index is 0.0413. The summed E-state index contributed by atoms with van der Waals surface area (Å²) in [6, 6.07) is 0. The maximum atomic E-state index is 11.7. The van der Waals surface area contributed by atoms with E-state index in [9.17, 15) is 4.79 Å². The molecule has 3 heteroatoms. The van der Waals surface area contributed by atoms with Gasteiger partial charge in [-0.25, -0.2) is 0 Å². The summed E-state index contributed by atoms with van der Waals surface area (Å²) in [4.78, 5) is 11.7. The van der Waals surface area contributed by atoms with Gasteiger partial charge in [0, 0.05) is 12.0 Å². The van der Waals surface area contributed by atoms with Crippen LogP contribution in [0.3, 0.4) is 0 Å². The second-order valence-electron chi connectivity index (χ2n) is 5.12. The molecule has 1 rings (SSSR count). The van der Waals surface area contributed by atoms with Gasteiger partial charge >= 0.3 is 0 Å². The van der Waals surface area contributed by atoms with Crippen LogP contribution in [0, 0.1) is 5.41 Å². The van der Waals surface area contributed by atoms with E-state index in [4.69, 9.17) is 4.74 Å². The van der Waals surface area contributed by atoms with Gasteiger partial charge in [-0.3, -0.25) is 4.79 Å². The lowest BCUT2D eigenvalue weighted by Crippen LogP contribution is -2.45. The first-order valence-electron chi connectivity index (χ1n) is 5.30. The largest absolute Gasteiger partial charge is 0.379 e. The molecular formula is C11H21NO2. The second-order valence-corrected chi connectivity index (χ2v) is 5.12. The Hall–Kier alpha value is -0.570. The first-order chi connectivity index (χ1) is 6.40. The fraction of sp³-hybridized carbons (Fsp3) is 0.909. The van der Waals surface area contributed by atoms with Crippen LogP contribution in [0.15, 0.2) is 0 Å². The summed E-state index contributed by atoms with van der Waals surface area (Å²) in [6.45, 7) is 9.14. The van der Waals surface area contributed by atoms with Crippen LogP contribution in [-0.2, 0) is 9.53 Å². The van der Waals surface area contributed by atoms with Crippen molar-refractivity contribution < 1.29 is 9.53 Å². The molecule has 1 N–H and O–H groups in total. The van der Waals surface area contributed by atoms with Crippen molar-refractivity contribution in [3.63, 3.8) is 0 Å². The Labute approximate surface area is 86.2 Å². The van der Waals surface area contributed by atoms with E-state index in [1.54, 1.807) is 0 Å². The predicted octanol–water partition coefficient (Wildman–Crippen LogP) is 1.72. The first-order valence-corrected chi connectivity index (χ1v) is 5.30. The molecule has 0 saturated heterocycles. The third-order valence-electron chi connectivity index (χ3n) is 2.50. The van der Waals surface area contributed by atoms with E-state index in [0.717, 1.165) is 12.8 Å². The Bertz CT molecular complexity index is 214. The molecule has 1 fully saturated rings. The van der Waals surface area contributed by atoms with Crippen molar-refractivity contribution in [1.29, 1.82) is 0 Å². The molecular weight excluding hydrogens is 178 g/mol. The number of hydrogen-bond acceptors (Lipinski definition) is 2. The minimum atomic E-state index is -0.304. The van der Waals surface area contributed by atoms with Gasteiger partial charge in [0.2, 0.25) is 5.91 Å². The van der Waals surface area contributed by atoms with Crippen LogP contribution >= 0.6 is 0 Å². The Morgan fingerprint density at radius 2 is 2.00 bits per heavy atom. The van der Waals surface area contributed by atoms with Crippen LogP contribution in [0.1, 0.15) is 40.5 Å². The van der Waals surface area contributed by atoms with Crippen LogP contribution in [0.25, 0.3) is 0 Å². The molecule has 0 radical (unpaired) electrons. The predicted molar refractivity (Wildman–Crippen MR) is 56.1 cm³/mol. The zero-order chi connectivity index (χ0) is 10.8. The molecule has 82 valence electrons. The van der Waals surface area contributed by atoms with Gasteiger partial charge in [0.1, 0.15) is 0 Å². The number of nitrogens with one attached hydrogen (secondary N) is 1. The van der Waals surface area contributed by atoms with Gasteiger partial charge in [0.05, 0.1) is 12.1 Å². The lowest BCUT2D eigenvalue weighted by atomic mass is 9.95. The quantitative estimate of drug-likeness (QED) is 0.748. The normalized spacial score (nSPS) is 19.1. The fourth-order valence-electron chi connectivity index (χ4n) is 1.18. The number of hydrogen-bond donors (Lipinski definition) is 1. The lowest BCUT2D eigenvalue weighted by Gasteiger charge is -2.23. The molecule has 0 aliphatic heterocycles. The van der Waals surface area contributed by atoms with Crippen molar-refractivity contribution in [2.75, 3.05) is 13.2 Å². The van der Waals surface area contributed by atoms with Crippen molar-refractivity contribution in [3.05, 3.63) is 0 Å². The van der Waals surface area contributed by atoms with Gasteiger partial charge in [-0.15, -0.1) is 0 Å². The molecule has 0 bridgehead atoms. The summed E-state index contributed by atoms with van der Waals surface area (Å²) < 4.78 is 5.36. The highest BCUT2D eigenvalue weighted by Crippen LogP contribution is 2.36. The van der Waals surface area contributed by atoms with E-state index in [-0.39, 0.29) is 16.9 Å². The van der Waals surface area contributed by atoms with Crippen LogP contribution in [0.5, 0.6) is 0 Å². The second kappa shape index (κ2) is 3.89. The van der Waals surface area contributed by atoms with Gasteiger partial charge in [0.15, 0.2) is 0 Å². The average Bonchev–Trinajstić information content (AvgIpc) is 2.80. The molecule has 0 heterocycles. The van der Waals surface area contributed by atoms with Crippen LogP contribution < -0.4 is 5.32 Å². The summed E-state index contributed by atoms with van der Waals surface area (Å²) in [7, 11) is 0. The highest BCUT2D eigenvalue weighted by atomic mass is 16.5. The van der Waals surface area contributed by atoms with Gasteiger partial charge < -0.3 is 10.1 Å². The van der Waals surface area contributed by atoms with E-state index < -0.39 is 0 Å². The molecule has 14 heavy (non-hydrogen) atoms. The summed E-state index contributed by atoms with van der Waals surface area (Å²) in [5, 5.41) is 3.08. The Balaban J connectivity index is 2.40. The average molecular weight is 199 g/mol. The first kappa shape index (κ1) is 11.5. The zero-order valence-electron chi connectivity index (χ0n) is 9.64. The molecule has 3 nitrogen and oxygen atoms in total. The van der Waals surface area contributed by atoms with Crippen LogP contribution in [0.4, 0.5) is 0 Å². The lowest BCUT2D eigenvalue weighted by molar-refractivity contribution is -0.130. The van der Waals surface area contributed by atoms with Crippen LogP contribution in [0.2, 0.25) is 0 Å². The SMILES string of the molecule is CCOCC1(NC(=O)C(C)(C)C)CC1. The van der Waals surface area contributed by atoms with Crippen molar-refractivity contribution in [1.82, 2.24) is 5.32 Å². The molecule has 1 aliphatic carbocycles. The standard InChI is InChI=1S/C11H21NO2/c1-5-14-8-11(6-7-11)12-9(13)10(2,3)4/h5-8H2,1-4H3,(H,12,13). The molecule has 0 unspecified atom stereocenters. The maximum absolute atomic E-state index is 11.7. The topological polar surface area (TPSA) is 38.3 Å². The third kappa shape index (κ3) is 2.98. The maximum Gasteiger partial charge on any atom is 0.225 e. The van der Waals surface area contributed by atoms with Gasteiger partial charge in [-0.2, -0.15) is 0 Å². The van der Waals surface area contributed by atoms with Crippen molar-refractivity contribution >= 4 is 5.91 Å². The molecule has 0 atom stereocenters. The van der Waals surface area contributed by atoms with Gasteiger partial charge in [-0.1, -0.05) is 20.8 Å². The Morgan fingerprint density at radius 3 is 2.36 bits per heavy atom. The minimum Gasteiger partial charge on any atom is -0.379 e. The highest BCUT2D eigenvalue weighted by Gasteiger charge is 2.45. The molecule has 1 aliphatic rings. The monoisotopic (exact) mass is 199 g/mol. The number of carbonyl (C=O) groups excluding carboxylic acids is 1. The number of rotatable bonds is 4. The summed E-state index contributed by atoms with van der Waals surface area (Å²) in [5.74, 6) is 0.120. The third-order valence-corrected chi connectivity index (χ3v) is 2.50. The van der Waals surface area contributed by atoms with E-state index in [1.165, 1.54) is 0 Å². The van der Waals surface area contributed by atoms with Crippen LogP contribution in [-0.4, -0.2) is 24.7 Å². The van der Waals surface area contributed by atoms with Gasteiger partial charge in [0.25, 0.3) is 0 Å². The summed E-state index contributed by atoms with van der Waals surface area (Å²) in [5.41, 5.74) is -0.345.